The van der Waals surface area contributed by atoms with Gasteiger partial charge in [-0.15, -0.1) is 0 Å². The van der Waals surface area contributed by atoms with Crippen molar-refractivity contribution < 1.29 is 9.53 Å². The molecule has 1 unspecified atom stereocenters. The van der Waals surface area contributed by atoms with Gasteiger partial charge in [-0.3, -0.25) is 4.79 Å². The number of fused-ring (bicyclic) bond motifs is 1. The van der Waals surface area contributed by atoms with Gasteiger partial charge < -0.3 is 10.1 Å². The van der Waals surface area contributed by atoms with Gasteiger partial charge in [0.2, 0.25) is 5.91 Å². The zero-order chi connectivity index (χ0) is 15.5. The van der Waals surface area contributed by atoms with Crippen molar-refractivity contribution in [3.05, 3.63) is 53.6 Å². The Labute approximate surface area is 131 Å². The van der Waals surface area contributed by atoms with Crippen LogP contribution in [0.15, 0.2) is 42.5 Å². The molecule has 1 atom stereocenters. The number of carbonyl (C=O) groups excluding carboxylic acids is 1. The summed E-state index contributed by atoms with van der Waals surface area (Å²) in [7, 11) is 0. The van der Waals surface area contributed by atoms with Gasteiger partial charge in [0.15, 0.2) is 0 Å². The fraction of sp³-hybridized carbons (Fsp3) is 0.316. The maximum Gasteiger partial charge on any atom is 0.217 e. The molecular formula is C19H21NO2. The molecule has 0 spiro atoms. The smallest absolute Gasteiger partial charge is 0.217 e. The average molecular weight is 295 g/mol. The minimum atomic E-state index is 0.0180. The van der Waals surface area contributed by atoms with Crippen molar-refractivity contribution in [2.24, 2.45) is 0 Å². The molecule has 3 rings (SSSR count). The summed E-state index contributed by atoms with van der Waals surface area (Å²) in [5.41, 5.74) is 4.96. The third kappa shape index (κ3) is 3.30. The Hall–Kier alpha value is -2.29. The molecule has 2 aromatic carbocycles. The third-order valence-corrected chi connectivity index (χ3v) is 3.97. The lowest BCUT2D eigenvalue weighted by Crippen LogP contribution is -2.31. The van der Waals surface area contributed by atoms with Crippen LogP contribution in [0, 0.1) is 0 Å². The fourth-order valence-electron chi connectivity index (χ4n) is 2.95. The number of ether oxygens (including phenoxy) is 1. The summed E-state index contributed by atoms with van der Waals surface area (Å²) in [5, 5.41) is 2.91. The van der Waals surface area contributed by atoms with E-state index in [4.69, 9.17) is 4.74 Å². The van der Waals surface area contributed by atoms with Crippen LogP contribution in [0.3, 0.4) is 0 Å². The first-order valence-electron chi connectivity index (χ1n) is 7.74. The molecule has 0 aliphatic carbocycles. The molecule has 0 bridgehead atoms. The van der Waals surface area contributed by atoms with Gasteiger partial charge in [-0.2, -0.15) is 0 Å². The second kappa shape index (κ2) is 6.22. The van der Waals surface area contributed by atoms with E-state index in [0.29, 0.717) is 0 Å². The summed E-state index contributed by atoms with van der Waals surface area (Å²) in [4.78, 5) is 11.1. The summed E-state index contributed by atoms with van der Waals surface area (Å²) < 4.78 is 5.55. The van der Waals surface area contributed by atoms with Gasteiger partial charge >= 0.3 is 0 Å². The Morgan fingerprint density at radius 1 is 1.18 bits per heavy atom. The van der Waals surface area contributed by atoms with E-state index in [1.54, 1.807) is 6.92 Å². The standard InChI is InChI=1S/C19H21NO2/c1-13(20-14(2)21)11-15-3-5-16(6-4-15)17-7-8-19-18(12-17)9-10-22-19/h3-8,12-13H,9-11H2,1-2H3,(H,20,21). The molecule has 114 valence electrons. The summed E-state index contributed by atoms with van der Waals surface area (Å²) in [5.74, 6) is 1.04. The van der Waals surface area contributed by atoms with Crippen LogP contribution in [-0.2, 0) is 17.6 Å². The van der Waals surface area contributed by atoms with Gasteiger partial charge in [0, 0.05) is 19.4 Å². The Balaban J connectivity index is 1.72. The zero-order valence-corrected chi connectivity index (χ0v) is 13.1. The van der Waals surface area contributed by atoms with Crippen molar-refractivity contribution in [1.29, 1.82) is 0 Å². The van der Waals surface area contributed by atoms with Crippen LogP contribution in [0.1, 0.15) is 25.0 Å². The normalized spacial score (nSPS) is 14.1. The summed E-state index contributed by atoms with van der Waals surface area (Å²) in [6, 6.07) is 15.1. The number of carbonyl (C=O) groups is 1. The van der Waals surface area contributed by atoms with E-state index >= 15 is 0 Å². The van der Waals surface area contributed by atoms with Crippen LogP contribution in [0.5, 0.6) is 5.75 Å². The van der Waals surface area contributed by atoms with E-state index in [-0.39, 0.29) is 11.9 Å². The minimum absolute atomic E-state index is 0.0180. The molecule has 0 aromatic heterocycles. The maximum absolute atomic E-state index is 11.1. The van der Waals surface area contributed by atoms with E-state index in [1.165, 1.54) is 22.3 Å². The number of rotatable bonds is 4. The number of amides is 1. The van der Waals surface area contributed by atoms with Gasteiger partial charge in [-0.25, -0.2) is 0 Å². The van der Waals surface area contributed by atoms with E-state index in [9.17, 15) is 4.79 Å². The highest BCUT2D eigenvalue weighted by Gasteiger charge is 2.12. The van der Waals surface area contributed by atoms with Crippen molar-refractivity contribution in [3.63, 3.8) is 0 Å². The first-order chi connectivity index (χ1) is 10.6. The van der Waals surface area contributed by atoms with Crippen molar-refractivity contribution in [3.8, 4) is 16.9 Å². The van der Waals surface area contributed by atoms with Crippen LogP contribution in [-0.4, -0.2) is 18.6 Å². The molecule has 1 aliphatic rings. The predicted molar refractivity (Wildman–Crippen MR) is 88.1 cm³/mol. The molecule has 0 saturated heterocycles. The molecule has 0 radical (unpaired) electrons. The lowest BCUT2D eigenvalue weighted by atomic mass is 9.99. The number of benzene rings is 2. The average Bonchev–Trinajstić information content (AvgIpc) is 2.94. The zero-order valence-electron chi connectivity index (χ0n) is 13.1. The second-order valence-electron chi connectivity index (χ2n) is 5.92. The Kier molecular flexibility index (Phi) is 4.14. The van der Waals surface area contributed by atoms with Crippen molar-refractivity contribution in [2.45, 2.75) is 32.7 Å². The van der Waals surface area contributed by atoms with E-state index in [1.807, 2.05) is 6.92 Å². The van der Waals surface area contributed by atoms with Crippen LogP contribution >= 0.6 is 0 Å². The molecule has 3 heteroatoms. The molecule has 22 heavy (non-hydrogen) atoms. The van der Waals surface area contributed by atoms with E-state index in [0.717, 1.165) is 25.2 Å². The molecule has 2 aromatic rings. The Bertz CT molecular complexity index is 676. The minimum Gasteiger partial charge on any atom is -0.493 e. The van der Waals surface area contributed by atoms with Crippen molar-refractivity contribution in [2.75, 3.05) is 6.61 Å². The summed E-state index contributed by atoms with van der Waals surface area (Å²) >= 11 is 0. The second-order valence-corrected chi connectivity index (χ2v) is 5.92. The lowest BCUT2D eigenvalue weighted by Gasteiger charge is -2.13. The molecule has 3 nitrogen and oxygen atoms in total. The monoisotopic (exact) mass is 295 g/mol. The van der Waals surface area contributed by atoms with Gasteiger partial charge in [0.05, 0.1) is 6.61 Å². The highest BCUT2D eigenvalue weighted by Crippen LogP contribution is 2.30. The maximum atomic E-state index is 11.1. The van der Waals surface area contributed by atoms with Crippen LogP contribution in [0.25, 0.3) is 11.1 Å². The van der Waals surface area contributed by atoms with Crippen molar-refractivity contribution in [1.82, 2.24) is 5.32 Å². The number of hydrogen-bond donors (Lipinski definition) is 1. The van der Waals surface area contributed by atoms with Gasteiger partial charge in [-0.1, -0.05) is 30.3 Å². The van der Waals surface area contributed by atoms with E-state index in [2.05, 4.69) is 47.8 Å². The Morgan fingerprint density at radius 2 is 1.91 bits per heavy atom. The van der Waals surface area contributed by atoms with Gasteiger partial charge in [-0.05, 0) is 47.7 Å². The van der Waals surface area contributed by atoms with Crippen LogP contribution in [0.2, 0.25) is 0 Å². The largest absolute Gasteiger partial charge is 0.493 e. The highest BCUT2D eigenvalue weighted by atomic mass is 16.5. The predicted octanol–water partition coefficient (Wildman–Crippen LogP) is 3.36. The first kappa shape index (κ1) is 14.6. The van der Waals surface area contributed by atoms with Crippen molar-refractivity contribution >= 4 is 5.91 Å². The molecule has 1 amide bonds. The quantitative estimate of drug-likeness (QED) is 0.939. The molecule has 1 N–H and O–H groups in total. The summed E-state index contributed by atoms with van der Waals surface area (Å²) in [6.07, 6.45) is 1.84. The van der Waals surface area contributed by atoms with Gasteiger partial charge in [0.25, 0.3) is 0 Å². The van der Waals surface area contributed by atoms with E-state index < -0.39 is 0 Å². The number of hydrogen-bond acceptors (Lipinski definition) is 2. The molecule has 0 fully saturated rings. The Morgan fingerprint density at radius 3 is 2.64 bits per heavy atom. The fourth-order valence-corrected chi connectivity index (χ4v) is 2.95. The van der Waals surface area contributed by atoms with Gasteiger partial charge in [0.1, 0.15) is 5.75 Å². The lowest BCUT2D eigenvalue weighted by molar-refractivity contribution is -0.119. The third-order valence-electron chi connectivity index (χ3n) is 3.97. The number of nitrogens with one attached hydrogen (secondary N) is 1. The molecule has 1 aliphatic heterocycles. The topological polar surface area (TPSA) is 38.3 Å². The van der Waals surface area contributed by atoms with Crippen LogP contribution in [0.4, 0.5) is 0 Å². The summed E-state index contributed by atoms with van der Waals surface area (Å²) in [6.45, 7) is 4.37. The molecule has 1 heterocycles. The van der Waals surface area contributed by atoms with Crippen LogP contribution < -0.4 is 10.1 Å². The first-order valence-corrected chi connectivity index (χ1v) is 7.74. The molecular weight excluding hydrogens is 274 g/mol. The molecule has 0 saturated carbocycles. The highest BCUT2D eigenvalue weighted by molar-refractivity contribution is 5.73. The SMILES string of the molecule is CC(=O)NC(C)Cc1ccc(-c2ccc3c(c2)CCO3)cc1.